The molecule has 3 N–H and O–H groups in total. The number of amides is 1. The molecule has 14 atom stereocenters. The lowest BCUT2D eigenvalue weighted by molar-refractivity contribution is -0.472. The second kappa shape index (κ2) is 12.2. The molecule has 0 radical (unpaired) electrons. The summed E-state index contributed by atoms with van der Waals surface area (Å²) in [5.74, 6) is -0.991. The van der Waals surface area contributed by atoms with E-state index in [0.717, 1.165) is 50.3 Å². The lowest BCUT2D eigenvalue weighted by Crippen LogP contribution is -2.67. The summed E-state index contributed by atoms with van der Waals surface area (Å²) < 4.78 is 66.6. The number of allylic oxidation sites excluding steroid dienone is 3. The maximum Gasteiger partial charge on any atom is 0.416 e. The van der Waals surface area contributed by atoms with Gasteiger partial charge >= 0.3 is 6.18 Å². The number of hydrogen-bond donors (Lipinski definition) is 3. The maximum atomic E-state index is 14.3. The average Bonchev–Trinajstić information content (AvgIpc) is 3.32. The predicted molar refractivity (Wildman–Crippen MR) is 163 cm³/mol. The molecular formula is C34H51F3NO6S-. The van der Waals surface area contributed by atoms with Crippen molar-refractivity contribution in [3.05, 3.63) is 23.8 Å². The molecule has 5 rings (SSSR count). The zero-order chi connectivity index (χ0) is 33.3. The van der Waals surface area contributed by atoms with Crippen molar-refractivity contribution in [2.75, 3.05) is 0 Å². The second-order valence-electron chi connectivity index (χ2n) is 15.6. The van der Waals surface area contributed by atoms with Gasteiger partial charge in [-0.2, -0.15) is 13.2 Å². The van der Waals surface area contributed by atoms with Gasteiger partial charge in [0.15, 0.2) is 0 Å². The Hall–Kier alpha value is -1.43. The van der Waals surface area contributed by atoms with Gasteiger partial charge in [-0.25, -0.2) is 8.42 Å². The number of carbonyl (C=O) groups is 1. The third-order valence-electron chi connectivity index (χ3n) is 13.4. The Bertz CT molecular complexity index is 1300. The van der Waals surface area contributed by atoms with Crippen LogP contribution in [0.3, 0.4) is 0 Å². The van der Waals surface area contributed by atoms with Crippen molar-refractivity contribution in [2.45, 2.75) is 122 Å². The lowest BCUT2D eigenvalue weighted by atomic mass is 9.41. The Morgan fingerprint density at radius 1 is 1.11 bits per heavy atom. The molecule has 11 heteroatoms. The average molecular weight is 659 g/mol. The van der Waals surface area contributed by atoms with E-state index in [2.05, 4.69) is 25.5 Å². The molecule has 8 unspecified atom stereocenters. The SMILES string of the molecule is CC[C@H]1C(O)C2C(CC([O-])[C@@]3(C)C2CC[C@@H]3[C@H](C)C[C@H](C)C(=O)NS(=O)(=O)C2C=CC(C(F)(F)F)=CC2)C2(C)CC[C@H](O)CC12. The molecule has 4 fully saturated rings. The van der Waals surface area contributed by atoms with E-state index in [-0.39, 0.29) is 59.4 Å². The molecule has 0 heterocycles. The van der Waals surface area contributed by atoms with E-state index in [0.29, 0.717) is 19.3 Å². The van der Waals surface area contributed by atoms with Gasteiger partial charge < -0.3 is 15.3 Å². The molecule has 5 aliphatic rings. The molecule has 0 bridgehead atoms. The fraction of sp³-hybridized carbons (Fsp3) is 0.853. The standard InChI is InChI=1S/C34H51F3NO6S/c1-6-23-26-16-21(39)13-14-32(26,4)27-17-28(40)33(5)24(11-12-25(33)29(27)30(23)41)18(2)15-19(3)31(42)38-45(43,44)22-9-7-20(8-10-22)34(35,36)37/h7-9,18-19,21-30,39,41H,6,10-17H2,1-5H3,(H,38,42)/q-1/t18-,19+,21+,22?,23-,24-,25?,26?,27?,28?,29?,30?,32?,33-/m1/s1. The number of carbonyl (C=O) groups excluding carboxylic acids is 1. The van der Waals surface area contributed by atoms with Crippen molar-refractivity contribution >= 4 is 15.9 Å². The molecule has 4 saturated carbocycles. The number of alkyl halides is 3. The van der Waals surface area contributed by atoms with Gasteiger partial charge in [0.2, 0.25) is 15.9 Å². The summed E-state index contributed by atoms with van der Waals surface area (Å²) in [5, 5.41) is 35.4. The van der Waals surface area contributed by atoms with Gasteiger partial charge in [-0.1, -0.05) is 65.7 Å². The van der Waals surface area contributed by atoms with Crippen molar-refractivity contribution in [3.8, 4) is 0 Å². The second-order valence-corrected chi connectivity index (χ2v) is 17.5. The number of rotatable bonds is 7. The van der Waals surface area contributed by atoms with E-state index in [1.54, 1.807) is 6.92 Å². The number of sulfonamides is 1. The summed E-state index contributed by atoms with van der Waals surface area (Å²) in [4.78, 5) is 13.1. The molecule has 0 aromatic carbocycles. The summed E-state index contributed by atoms with van der Waals surface area (Å²) in [6, 6.07) is 0. The topological polar surface area (TPSA) is 127 Å². The van der Waals surface area contributed by atoms with Crippen LogP contribution in [0.15, 0.2) is 23.8 Å². The molecule has 5 aliphatic carbocycles. The molecule has 0 spiro atoms. The minimum Gasteiger partial charge on any atom is -0.852 e. The van der Waals surface area contributed by atoms with E-state index >= 15 is 0 Å². The van der Waals surface area contributed by atoms with E-state index in [1.807, 2.05) is 6.92 Å². The van der Waals surface area contributed by atoms with Crippen LogP contribution >= 0.6 is 0 Å². The molecule has 1 amide bonds. The normalized spacial score (nSPS) is 44.6. The first-order chi connectivity index (χ1) is 20.9. The zero-order valence-corrected chi connectivity index (χ0v) is 27.9. The quantitative estimate of drug-likeness (QED) is 0.358. The van der Waals surface area contributed by atoms with E-state index in [9.17, 15) is 41.7 Å². The number of fused-ring (bicyclic) bond motifs is 5. The Labute approximate surface area is 266 Å². The number of hydrogen-bond acceptors (Lipinski definition) is 6. The third kappa shape index (κ3) is 5.94. The van der Waals surface area contributed by atoms with Crippen molar-refractivity contribution in [2.24, 2.45) is 58.2 Å². The van der Waals surface area contributed by atoms with Crippen LogP contribution in [0.5, 0.6) is 0 Å². The lowest BCUT2D eigenvalue weighted by Gasteiger charge is -2.68. The van der Waals surface area contributed by atoms with Gasteiger partial charge in [-0.15, -0.1) is 6.10 Å². The van der Waals surface area contributed by atoms with Gasteiger partial charge in [0, 0.05) is 5.92 Å². The Morgan fingerprint density at radius 2 is 1.80 bits per heavy atom. The van der Waals surface area contributed by atoms with E-state index in [4.69, 9.17) is 0 Å². The summed E-state index contributed by atoms with van der Waals surface area (Å²) >= 11 is 0. The van der Waals surface area contributed by atoms with Gasteiger partial charge in [0.25, 0.3) is 0 Å². The first-order valence-corrected chi connectivity index (χ1v) is 18.4. The largest absolute Gasteiger partial charge is 0.852 e. The fourth-order valence-electron chi connectivity index (χ4n) is 11.0. The zero-order valence-electron chi connectivity index (χ0n) is 27.1. The Morgan fingerprint density at radius 3 is 2.40 bits per heavy atom. The van der Waals surface area contributed by atoms with Crippen LogP contribution in [-0.4, -0.2) is 54.3 Å². The highest BCUT2D eigenvalue weighted by Gasteiger charge is 2.65. The molecular weight excluding hydrogens is 607 g/mol. The molecule has 7 nitrogen and oxygen atoms in total. The molecule has 0 aliphatic heterocycles. The third-order valence-corrected chi connectivity index (χ3v) is 15.1. The van der Waals surface area contributed by atoms with Crippen LogP contribution in [0, 0.1) is 58.2 Å². The van der Waals surface area contributed by atoms with Crippen molar-refractivity contribution in [3.63, 3.8) is 0 Å². The highest BCUT2D eigenvalue weighted by atomic mass is 32.2. The minimum atomic E-state index is -4.57. The summed E-state index contributed by atoms with van der Waals surface area (Å²) in [5.41, 5.74) is -1.57. The molecule has 256 valence electrons. The Kier molecular flexibility index (Phi) is 9.48. The minimum absolute atomic E-state index is 0.0102. The van der Waals surface area contributed by atoms with Crippen molar-refractivity contribution in [1.82, 2.24) is 4.72 Å². The highest BCUT2D eigenvalue weighted by Crippen LogP contribution is 2.69. The number of aliphatic hydroxyl groups is 2. The van der Waals surface area contributed by atoms with Crippen molar-refractivity contribution < 1.29 is 41.7 Å². The predicted octanol–water partition coefficient (Wildman–Crippen LogP) is 4.88. The monoisotopic (exact) mass is 658 g/mol. The van der Waals surface area contributed by atoms with E-state index in [1.165, 1.54) is 0 Å². The van der Waals surface area contributed by atoms with Gasteiger partial charge in [0.05, 0.1) is 17.8 Å². The van der Waals surface area contributed by atoms with Gasteiger partial charge in [-0.3, -0.25) is 9.52 Å². The number of aliphatic hydroxyl groups excluding tert-OH is 2. The summed E-state index contributed by atoms with van der Waals surface area (Å²) in [7, 11) is -4.23. The number of nitrogens with one attached hydrogen (secondary N) is 1. The van der Waals surface area contributed by atoms with Crippen LogP contribution in [0.4, 0.5) is 13.2 Å². The Balaban J connectivity index is 1.28. The molecule has 0 aromatic heterocycles. The fourth-order valence-corrected chi connectivity index (χ4v) is 12.3. The smallest absolute Gasteiger partial charge is 0.416 e. The van der Waals surface area contributed by atoms with E-state index < -0.39 is 56.5 Å². The maximum absolute atomic E-state index is 14.3. The van der Waals surface area contributed by atoms with Crippen LogP contribution in [-0.2, 0) is 14.8 Å². The van der Waals surface area contributed by atoms with Crippen LogP contribution < -0.4 is 9.83 Å². The van der Waals surface area contributed by atoms with Gasteiger partial charge in [0.1, 0.15) is 5.25 Å². The van der Waals surface area contributed by atoms with Gasteiger partial charge in [-0.05, 0) is 97.2 Å². The molecule has 45 heavy (non-hydrogen) atoms. The molecule has 0 aromatic rings. The first-order valence-electron chi connectivity index (χ1n) is 16.9. The van der Waals surface area contributed by atoms with Crippen LogP contribution in [0.2, 0.25) is 0 Å². The van der Waals surface area contributed by atoms with Crippen molar-refractivity contribution in [1.29, 1.82) is 0 Å². The first kappa shape index (κ1) is 34.9. The van der Waals surface area contributed by atoms with Crippen LogP contribution in [0.1, 0.15) is 92.4 Å². The highest BCUT2D eigenvalue weighted by molar-refractivity contribution is 7.90. The van der Waals surface area contributed by atoms with Crippen LogP contribution in [0.25, 0.3) is 0 Å². The summed E-state index contributed by atoms with van der Waals surface area (Å²) in [6.07, 6.45) is 1.47. The number of halogens is 3. The summed E-state index contributed by atoms with van der Waals surface area (Å²) in [6.45, 7) is 10.2. The molecule has 0 saturated heterocycles.